The van der Waals surface area contributed by atoms with Gasteiger partial charge in [0.2, 0.25) is 0 Å². The van der Waals surface area contributed by atoms with E-state index < -0.39 is 0 Å². The third-order valence-electron chi connectivity index (χ3n) is 2.59. The molecule has 1 aromatic rings. The Bertz CT molecular complexity index is 299. The van der Waals surface area contributed by atoms with Crippen molar-refractivity contribution < 1.29 is 4.39 Å². The summed E-state index contributed by atoms with van der Waals surface area (Å²) in [4.78, 5) is 0. The average molecular weight is 241 g/mol. The minimum Gasteiger partial charge on any atom is -0.310 e. The molecule has 3 heteroatoms. The van der Waals surface area contributed by atoms with Gasteiger partial charge >= 0.3 is 0 Å². The Morgan fingerprint density at radius 3 is 2.44 bits per heavy atom. The molecular weight excluding hydrogens is 221 g/mol. The van der Waals surface area contributed by atoms with Crippen LogP contribution < -0.4 is 5.32 Å². The molecule has 0 radical (unpaired) electrons. The lowest BCUT2D eigenvalue weighted by Crippen LogP contribution is -2.25. The summed E-state index contributed by atoms with van der Waals surface area (Å²) in [5, 5.41) is 3.47. The van der Waals surface area contributed by atoms with E-state index in [0.29, 0.717) is 5.92 Å². The lowest BCUT2D eigenvalue weighted by molar-refractivity contribution is 0.500. The van der Waals surface area contributed by atoms with Crippen molar-refractivity contribution in [2.24, 2.45) is 5.92 Å². The molecule has 1 aromatic carbocycles. The van der Waals surface area contributed by atoms with Crippen LogP contribution in [0.25, 0.3) is 0 Å². The van der Waals surface area contributed by atoms with Crippen molar-refractivity contribution in [3.63, 3.8) is 0 Å². The summed E-state index contributed by atoms with van der Waals surface area (Å²) < 4.78 is 12.7. The van der Waals surface area contributed by atoms with Crippen LogP contribution in [0.2, 0.25) is 0 Å². The fourth-order valence-electron chi connectivity index (χ4n) is 1.59. The van der Waals surface area contributed by atoms with Crippen LogP contribution in [0.1, 0.15) is 25.5 Å². The standard InChI is InChI=1S/C13H20FNS/c1-10(9-16-3)8-15-11(2)12-4-6-13(14)7-5-12/h4-7,10-11,15H,8-9H2,1-3H3. The maximum atomic E-state index is 12.7. The van der Waals surface area contributed by atoms with Crippen LogP contribution in [0, 0.1) is 11.7 Å². The zero-order valence-electron chi connectivity index (χ0n) is 10.2. The van der Waals surface area contributed by atoms with Crippen LogP contribution in [0.5, 0.6) is 0 Å². The van der Waals surface area contributed by atoms with E-state index in [0.717, 1.165) is 12.1 Å². The molecule has 0 saturated heterocycles. The number of halogens is 1. The number of hydrogen-bond acceptors (Lipinski definition) is 2. The lowest BCUT2D eigenvalue weighted by Gasteiger charge is -2.17. The smallest absolute Gasteiger partial charge is 0.123 e. The molecule has 16 heavy (non-hydrogen) atoms. The SMILES string of the molecule is CSCC(C)CNC(C)c1ccc(F)cc1. The number of thioether (sulfide) groups is 1. The molecule has 0 spiro atoms. The molecular formula is C13H20FNS. The number of hydrogen-bond donors (Lipinski definition) is 1. The first-order valence-electron chi connectivity index (χ1n) is 5.61. The first kappa shape index (κ1) is 13.5. The molecule has 2 atom stereocenters. The second kappa shape index (κ2) is 6.92. The Hall–Kier alpha value is -0.540. The van der Waals surface area contributed by atoms with Crippen LogP contribution in [0.15, 0.2) is 24.3 Å². The Labute approximate surface area is 102 Å². The van der Waals surface area contributed by atoms with Crippen LogP contribution in [0.4, 0.5) is 4.39 Å². The topological polar surface area (TPSA) is 12.0 Å². The van der Waals surface area contributed by atoms with Gasteiger partial charge in [0.1, 0.15) is 5.82 Å². The van der Waals surface area contributed by atoms with E-state index in [2.05, 4.69) is 25.4 Å². The van der Waals surface area contributed by atoms with Gasteiger partial charge in [-0.1, -0.05) is 19.1 Å². The fourth-order valence-corrected chi connectivity index (χ4v) is 2.28. The first-order chi connectivity index (χ1) is 7.63. The van der Waals surface area contributed by atoms with Crippen LogP contribution in [-0.2, 0) is 0 Å². The lowest BCUT2D eigenvalue weighted by atomic mass is 10.1. The van der Waals surface area contributed by atoms with Gasteiger partial charge in [-0.25, -0.2) is 4.39 Å². The van der Waals surface area contributed by atoms with Crippen molar-refractivity contribution >= 4 is 11.8 Å². The Morgan fingerprint density at radius 2 is 1.88 bits per heavy atom. The summed E-state index contributed by atoms with van der Waals surface area (Å²) in [7, 11) is 0. The number of benzene rings is 1. The molecule has 2 unspecified atom stereocenters. The Kier molecular flexibility index (Phi) is 5.85. The van der Waals surface area contributed by atoms with Crippen LogP contribution >= 0.6 is 11.8 Å². The summed E-state index contributed by atoms with van der Waals surface area (Å²) >= 11 is 1.87. The second-order valence-corrected chi connectivity index (χ2v) is 5.15. The van der Waals surface area contributed by atoms with Gasteiger partial charge in [0, 0.05) is 6.04 Å². The third kappa shape index (κ3) is 4.54. The minimum absolute atomic E-state index is 0.174. The molecule has 0 aliphatic heterocycles. The summed E-state index contributed by atoms with van der Waals surface area (Å²) in [6.45, 7) is 5.35. The molecule has 0 heterocycles. The summed E-state index contributed by atoms with van der Waals surface area (Å²) in [6.07, 6.45) is 2.12. The van der Waals surface area contributed by atoms with Gasteiger partial charge < -0.3 is 5.32 Å². The molecule has 0 aliphatic rings. The van der Waals surface area contributed by atoms with E-state index in [1.807, 2.05) is 23.9 Å². The highest BCUT2D eigenvalue weighted by Gasteiger charge is 2.07. The van der Waals surface area contributed by atoms with Gasteiger partial charge in [-0.2, -0.15) is 11.8 Å². The zero-order valence-corrected chi connectivity index (χ0v) is 11.0. The molecule has 0 amide bonds. The molecule has 90 valence electrons. The van der Waals surface area contributed by atoms with E-state index in [-0.39, 0.29) is 11.9 Å². The molecule has 1 N–H and O–H groups in total. The van der Waals surface area contributed by atoms with Crippen molar-refractivity contribution in [3.05, 3.63) is 35.6 Å². The highest BCUT2D eigenvalue weighted by atomic mass is 32.2. The quantitative estimate of drug-likeness (QED) is 0.818. The van der Waals surface area contributed by atoms with Gasteiger partial charge in [-0.05, 0) is 49.1 Å². The Morgan fingerprint density at radius 1 is 1.25 bits per heavy atom. The number of nitrogens with one attached hydrogen (secondary N) is 1. The van der Waals surface area contributed by atoms with E-state index in [1.54, 1.807) is 0 Å². The molecule has 1 nitrogen and oxygen atoms in total. The maximum absolute atomic E-state index is 12.7. The van der Waals surface area contributed by atoms with E-state index >= 15 is 0 Å². The summed E-state index contributed by atoms with van der Waals surface area (Å²) in [5.74, 6) is 1.66. The molecule has 0 aliphatic carbocycles. The third-order valence-corrected chi connectivity index (χ3v) is 3.50. The highest BCUT2D eigenvalue weighted by molar-refractivity contribution is 7.98. The van der Waals surface area contributed by atoms with Crippen molar-refractivity contribution in [2.45, 2.75) is 19.9 Å². The van der Waals surface area contributed by atoms with Crippen molar-refractivity contribution in [3.8, 4) is 0 Å². The molecule has 0 fully saturated rings. The second-order valence-electron chi connectivity index (χ2n) is 4.24. The van der Waals surface area contributed by atoms with Gasteiger partial charge in [-0.15, -0.1) is 0 Å². The van der Waals surface area contributed by atoms with Crippen molar-refractivity contribution in [1.82, 2.24) is 5.32 Å². The zero-order chi connectivity index (χ0) is 12.0. The molecule has 0 saturated carbocycles. The van der Waals surface area contributed by atoms with Crippen molar-refractivity contribution in [1.29, 1.82) is 0 Å². The predicted octanol–water partition coefficient (Wildman–Crippen LogP) is 3.48. The molecule has 0 bridgehead atoms. The molecule has 0 aromatic heterocycles. The van der Waals surface area contributed by atoms with E-state index in [1.165, 1.54) is 17.9 Å². The summed E-state index contributed by atoms with van der Waals surface area (Å²) in [5.41, 5.74) is 1.14. The minimum atomic E-state index is -0.174. The molecule has 1 rings (SSSR count). The summed E-state index contributed by atoms with van der Waals surface area (Å²) in [6, 6.07) is 6.99. The predicted molar refractivity (Wildman–Crippen MR) is 70.4 cm³/mol. The first-order valence-corrected chi connectivity index (χ1v) is 7.00. The normalized spacial score (nSPS) is 14.8. The van der Waals surface area contributed by atoms with Gasteiger partial charge in [0.15, 0.2) is 0 Å². The van der Waals surface area contributed by atoms with E-state index in [4.69, 9.17) is 0 Å². The maximum Gasteiger partial charge on any atom is 0.123 e. The number of rotatable bonds is 6. The van der Waals surface area contributed by atoms with Gasteiger partial charge in [-0.3, -0.25) is 0 Å². The van der Waals surface area contributed by atoms with E-state index in [9.17, 15) is 4.39 Å². The Balaban J connectivity index is 2.40. The largest absolute Gasteiger partial charge is 0.310 e. The van der Waals surface area contributed by atoms with Crippen molar-refractivity contribution in [2.75, 3.05) is 18.6 Å². The van der Waals surface area contributed by atoms with Crippen LogP contribution in [0.3, 0.4) is 0 Å². The van der Waals surface area contributed by atoms with Gasteiger partial charge in [0.05, 0.1) is 0 Å². The highest BCUT2D eigenvalue weighted by Crippen LogP contribution is 2.13. The fraction of sp³-hybridized carbons (Fsp3) is 0.538. The van der Waals surface area contributed by atoms with Crippen LogP contribution in [-0.4, -0.2) is 18.6 Å². The monoisotopic (exact) mass is 241 g/mol. The van der Waals surface area contributed by atoms with Gasteiger partial charge in [0.25, 0.3) is 0 Å². The average Bonchev–Trinajstić information content (AvgIpc) is 2.27.